The van der Waals surface area contributed by atoms with Crippen LogP contribution in [0.25, 0.3) is 6.08 Å². The Morgan fingerprint density at radius 2 is 1.67 bits per heavy atom. The number of nitrogens with zero attached hydrogens (tertiary/aromatic N) is 1. The second-order valence-corrected chi connectivity index (χ2v) is 8.24. The van der Waals surface area contributed by atoms with E-state index in [2.05, 4.69) is 0 Å². The third-order valence-corrected chi connectivity index (χ3v) is 5.98. The highest BCUT2D eigenvalue weighted by atomic mass is 35.5. The fourth-order valence-electron chi connectivity index (χ4n) is 2.52. The Hall–Kier alpha value is -1.80. The molecule has 0 aliphatic heterocycles. The van der Waals surface area contributed by atoms with Gasteiger partial charge in [0.25, 0.3) is 0 Å². The molecule has 3 nitrogen and oxygen atoms in total. The molecule has 0 bridgehead atoms. The summed E-state index contributed by atoms with van der Waals surface area (Å²) in [6.07, 6.45) is 1.39. The van der Waals surface area contributed by atoms with E-state index in [4.69, 9.17) is 23.2 Å². The highest BCUT2D eigenvalue weighted by Crippen LogP contribution is 2.31. The molecule has 2 rings (SSSR count). The number of hydrogen-bond acceptors (Lipinski definition) is 3. The molecule has 0 aliphatic carbocycles. The van der Waals surface area contributed by atoms with Gasteiger partial charge in [0.1, 0.15) is 11.0 Å². The number of aryl methyl sites for hydroxylation is 3. The van der Waals surface area contributed by atoms with Gasteiger partial charge in [0.2, 0.25) is 9.84 Å². The second kappa shape index (κ2) is 6.98. The van der Waals surface area contributed by atoms with E-state index >= 15 is 0 Å². The van der Waals surface area contributed by atoms with Gasteiger partial charge in [-0.3, -0.25) is 0 Å². The van der Waals surface area contributed by atoms with E-state index < -0.39 is 9.84 Å². The molecule has 24 heavy (non-hydrogen) atoms. The van der Waals surface area contributed by atoms with Crippen molar-refractivity contribution in [1.29, 1.82) is 5.26 Å². The van der Waals surface area contributed by atoms with Gasteiger partial charge in [-0.05, 0) is 61.7 Å². The van der Waals surface area contributed by atoms with Gasteiger partial charge in [0.05, 0.1) is 9.92 Å². The third-order valence-electron chi connectivity index (χ3n) is 3.60. The van der Waals surface area contributed by atoms with E-state index in [0.717, 1.165) is 16.7 Å². The largest absolute Gasteiger partial charge is 0.218 e. The van der Waals surface area contributed by atoms with E-state index in [9.17, 15) is 13.7 Å². The molecule has 0 atom stereocenters. The molecule has 2 aromatic carbocycles. The van der Waals surface area contributed by atoms with Gasteiger partial charge in [-0.25, -0.2) is 8.42 Å². The summed E-state index contributed by atoms with van der Waals surface area (Å²) in [6.45, 7) is 5.71. The van der Waals surface area contributed by atoms with E-state index in [0.29, 0.717) is 5.56 Å². The highest BCUT2D eigenvalue weighted by molar-refractivity contribution is 7.95. The molecule has 2 aromatic rings. The lowest BCUT2D eigenvalue weighted by Crippen LogP contribution is -2.05. The highest BCUT2D eigenvalue weighted by Gasteiger charge is 2.24. The maximum Gasteiger partial charge on any atom is 0.218 e. The molecule has 0 aromatic heterocycles. The van der Waals surface area contributed by atoms with Crippen LogP contribution in [0.4, 0.5) is 0 Å². The van der Waals surface area contributed by atoms with Crippen LogP contribution < -0.4 is 0 Å². The van der Waals surface area contributed by atoms with Crippen LogP contribution in [0.15, 0.2) is 40.1 Å². The Bertz CT molecular complexity index is 964. The maximum atomic E-state index is 12.8. The lowest BCUT2D eigenvalue weighted by molar-refractivity contribution is 0.603. The number of hydrogen-bond donors (Lipinski definition) is 0. The average molecular weight is 380 g/mol. The van der Waals surface area contributed by atoms with Crippen molar-refractivity contribution in [2.75, 3.05) is 0 Å². The zero-order valence-electron chi connectivity index (χ0n) is 13.4. The Morgan fingerprint density at radius 1 is 1.08 bits per heavy atom. The van der Waals surface area contributed by atoms with Crippen molar-refractivity contribution < 1.29 is 8.42 Å². The van der Waals surface area contributed by atoms with Crippen LogP contribution in [0.2, 0.25) is 10.0 Å². The van der Waals surface area contributed by atoms with Crippen LogP contribution in [0.1, 0.15) is 22.3 Å². The molecule has 0 heterocycles. The monoisotopic (exact) mass is 379 g/mol. The standard InChI is InChI=1S/C18H15Cl2NO2S/c1-11-6-12(2)16(13(3)7-11)9-15(10-21)24(22,23)18-8-14(19)4-5-17(18)20/h4-9H,1-3H3. The zero-order chi connectivity index (χ0) is 18.1. The van der Waals surface area contributed by atoms with Crippen molar-refractivity contribution >= 4 is 39.1 Å². The van der Waals surface area contributed by atoms with Crippen molar-refractivity contribution in [1.82, 2.24) is 0 Å². The fourth-order valence-corrected chi connectivity index (χ4v) is 4.42. The first-order valence-electron chi connectivity index (χ1n) is 7.06. The molecule has 0 amide bonds. The first kappa shape index (κ1) is 18.5. The summed E-state index contributed by atoms with van der Waals surface area (Å²) in [7, 11) is -4.06. The number of rotatable bonds is 3. The van der Waals surface area contributed by atoms with Crippen molar-refractivity contribution in [3.05, 3.63) is 67.5 Å². The number of benzene rings is 2. The van der Waals surface area contributed by atoms with Gasteiger partial charge in [0, 0.05) is 5.02 Å². The van der Waals surface area contributed by atoms with Gasteiger partial charge in [-0.1, -0.05) is 40.9 Å². The maximum absolute atomic E-state index is 12.8. The Labute approximate surface area is 152 Å². The summed E-state index contributed by atoms with van der Waals surface area (Å²) in [6, 6.07) is 9.79. The van der Waals surface area contributed by atoms with E-state index in [1.165, 1.54) is 24.3 Å². The SMILES string of the molecule is Cc1cc(C)c(C=C(C#N)S(=O)(=O)c2cc(Cl)ccc2Cl)c(C)c1. The van der Waals surface area contributed by atoms with Crippen LogP contribution >= 0.6 is 23.2 Å². The lowest BCUT2D eigenvalue weighted by Gasteiger charge is -2.10. The summed E-state index contributed by atoms with van der Waals surface area (Å²) >= 11 is 11.9. The van der Waals surface area contributed by atoms with Crippen LogP contribution in [0.3, 0.4) is 0 Å². The Morgan fingerprint density at radius 3 is 2.21 bits per heavy atom. The first-order chi connectivity index (χ1) is 11.2. The van der Waals surface area contributed by atoms with Crippen molar-refractivity contribution in [3.8, 4) is 6.07 Å². The van der Waals surface area contributed by atoms with Gasteiger partial charge >= 0.3 is 0 Å². The van der Waals surface area contributed by atoms with Crippen molar-refractivity contribution in [2.24, 2.45) is 0 Å². The first-order valence-corrected chi connectivity index (χ1v) is 9.30. The predicted molar refractivity (Wildman–Crippen MR) is 97.9 cm³/mol. The van der Waals surface area contributed by atoms with E-state index in [1.807, 2.05) is 32.9 Å². The lowest BCUT2D eigenvalue weighted by atomic mass is 9.99. The van der Waals surface area contributed by atoms with Gasteiger partial charge in [-0.15, -0.1) is 0 Å². The zero-order valence-corrected chi connectivity index (χ0v) is 15.7. The molecular weight excluding hydrogens is 365 g/mol. The van der Waals surface area contributed by atoms with Gasteiger partial charge in [0.15, 0.2) is 0 Å². The summed E-state index contributed by atoms with van der Waals surface area (Å²) < 4.78 is 25.6. The summed E-state index contributed by atoms with van der Waals surface area (Å²) in [5, 5.41) is 9.67. The van der Waals surface area contributed by atoms with Gasteiger partial charge in [-0.2, -0.15) is 5.26 Å². The number of halogens is 2. The molecule has 6 heteroatoms. The smallest absolute Gasteiger partial charge is 0.218 e. The van der Waals surface area contributed by atoms with Crippen LogP contribution in [0.5, 0.6) is 0 Å². The quantitative estimate of drug-likeness (QED) is 0.683. The van der Waals surface area contributed by atoms with Crippen molar-refractivity contribution in [2.45, 2.75) is 25.7 Å². The van der Waals surface area contributed by atoms with Gasteiger partial charge < -0.3 is 0 Å². The minimum Gasteiger partial charge on any atom is -0.218 e. The molecule has 0 aliphatic rings. The fraction of sp³-hybridized carbons (Fsp3) is 0.167. The number of sulfone groups is 1. The van der Waals surface area contributed by atoms with E-state index in [1.54, 1.807) is 6.07 Å². The Kier molecular flexibility index (Phi) is 5.39. The predicted octanol–water partition coefficient (Wildman–Crippen LogP) is 5.26. The Balaban J connectivity index is 2.68. The number of allylic oxidation sites excluding steroid dienone is 1. The minimum absolute atomic E-state index is 0.0258. The molecule has 0 radical (unpaired) electrons. The average Bonchev–Trinajstić information content (AvgIpc) is 2.48. The van der Waals surface area contributed by atoms with Crippen molar-refractivity contribution in [3.63, 3.8) is 0 Å². The minimum atomic E-state index is -4.06. The summed E-state index contributed by atoms with van der Waals surface area (Å²) in [5.41, 5.74) is 3.57. The molecule has 0 N–H and O–H groups in total. The molecule has 0 spiro atoms. The molecule has 124 valence electrons. The topological polar surface area (TPSA) is 57.9 Å². The molecular formula is C18H15Cl2NO2S. The molecule has 0 unspecified atom stereocenters. The van der Waals surface area contributed by atoms with Crippen LogP contribution in [0, 0.1) is 32.1 Å². The number of nitriles is 1. The normalized spacial score (nSPS) is 12.1. The van der Waals surface area contributed by atoms with E-state index in [-0.39, 0.29) is 19.8 Å². The van der Waals surface area contributed by atoms with Crippen LogP contribution in [-0.2, 0) is 9.84 Å². The molecule has 0 fully saturated rings. The third kappa shape index (κ3) is 3.64. The molecule has 0 saturated heterocycles. The summed E-state index contributed by atoms with van der Waals surface area (Å²) in [5.74, 6) is 0. The molecule has 0 saturated carbocycles. The second-order valence-electron chi connectivity index (χ2n) is 5.51. The summed E-state index contributed by atoms with van der Waals surface area (Å²) in [4.78, 5) is -0.548. The van der Waals surface area contributed by atoms with Crippen LogP contribution in [-0.4, -0.2) is 8.42 Å².